The van der Waals surface area contributed by atoms with Crippen LogP contribution in [0, 0.1) is 20.3 Å². The molecule has 0 amide bonds. The summed E-state index contributed by atoms with van der Waals surface area (Å²) in [7, 11) is 1.78. The predicted octanol–water partition coefficient (Wildman–Crippen LogP) is 5.14. The minimum Gasteiger partial charge on any atom is -0.496 e. The zero-order chi connectivity index (χ0) is 16.3. The van der Waals surface area contributed by atoms with Crippen molar-refractivity contribution in [2.45, 2.75) is 64.5 Å². The maximum Gasteiger partial charge on any atom is 0.123 e. The standard InChI is InChI=1S/C20H28INO/c1-18-7-14-8-19(2,11-18)13-20(9-14,12-18)22-10-15-6-16(21)4-5-17(15)23-3/h4-6,14,22H,7-13H2,1-3H3. The predicted molar refractivity (Wildman–Crippen MR) is 103 cm³/mol. The van der Waals surface area contributed by atoms with Crippen molar-refractivity contribution >= 4 is 22.6 Å². The summed E-state index contributed by atoms with van der Waals surface area (Å²) in [6.45, 7) is 6.01. The van der Waals surface area contributed by atoms with Gasteiger partial charge in [0.2, 0.25) is 0 Å². The highest BCUT2D eigenvalue weighted by atomic mass is 127. The fraction of sp³-hybridized carbons (Fsp3) is 0.700. The van der Waals surface area contributed by atoms with Crippen LogP contribution in [0.25, 0.3) is 0 Å². The highest BCUT2D eigenvalue weighted by Gasteiger charge is 2.59. The summed E-state index contributed by atoms with van der Waals surface area (Å²) in [4.78, 5) is 0. The number of methoxy groups -OCH3 is 1. The van der Waals surface area contributed by atoms with Gasteiger partial charge in [-0.25, -0.2) is 0 Å². The topological polar surface area (TPSA) is 21.3 Å². The third kappa shape index (κ3) is 2.92. The summed E-state index contributed by atoms with van der Waals surface area (Å²) >= 11 is 2.39. The third-order valence-corrected chi connectivity index (χ3v) is 7.19. The molecule has 1 aromatic rings. The molecule has 0 aromatic heterocycles. The van der Waals surface area contributed by atoms with E-state index in [0.717, 1.165) is 18.2 Å². The molecule has 0 radical (unpaired) electrons. The second-order valence-corrected chi connectivity index (χ2v) is 10.5. The Hall–Kier alpha value is -0.290. The molecule has 126 valence electrons. The number of ether oxygens (including phenoxy) is 1. The molecule has 1 N–H and O–H groups in total. The molecule has 0 aliphatic heterocycles. The van der Waals surface area contributed by atoms with Crippen molar-refractivity contribution in [3.8, 4) is 5.75 Å². The van der Waals surface area contributed by atoms with Crippen molar-refractivity contribution in [3.05, 3.63) is 27.3 Å². The first-order valence-corrected chi connectivity index (χ1v) is 9.98. The molecule has 23 heavy (non-hydrogen) atoms. The first-order valence-electron chi connectivity index (χ1n) is 8.90. The second-order valence-electron chi connectivity index (χ2n) is 9.22. The SMILES string of the molecule is COc1ccc(I)cc1CNC12CC3CC(C)(CC(C)(C3)C1)C2. The molecule has 1 aromatic carbocycles. The lowest BCUT2D eigenvalue weighted by Gasteiger charge is -2.65. The highest BCUT2D eigenvalue weighted by Crippen LogP contribution is 2.66. The molecule has 4 fully saturated rings. The number of rotatable bonds is 4. The van der Waals surface area contributed by atoms with E-state index in [1.807, 2.05) is 0 Å². The molecule has 2 unspecified atom stereocenters. The normalized spacial score (nSPS) is 41.3. The van der Waals surface area contributed by atoms with Crippen LogP contribution in [-0.2, 0) is 6.54 Å². The van der Waals surface area contributed by atoms with Crippen LogP contribution >= 0.6 is 22.6 Å². The zero-order valence-electron chi connectivity index (χ0n) is 14.5. The van der Waals surface area contributed by atoms with Crippen molar-refractivity contribution in [1.29, 1.82) is 0 Å². The fourth-order valence-electron chi connectivity index (χ4n) is 6.81. The van der Waals surface area contributed by atoms with Crippen molar-refractivity contribution in [3.63, 3.8) is 0 Å². The van der Waals surface area contributed by atoms with Crippen LogP contribution in [-0.4, -0.2) is 12.6 Å². The van der Waals surface area contributed by atoms with Gasteiger partial charge >= 0.3 is 0 Å². The summed E-state index contributed by atoms with van der Waals surface area (Å²) in [6.07, 6.45) is 8.45. The van der Waals surface area contributed by atoms with E-state index in [2.05, 4.69) is 60.0 Å². The summed E-state index contributed by atoms with van der Waals surface area (Å²) in [5.74, 6) is 1.95. The summed E-state index contributed by atoms with van der Waals surface area (Å²) in [6, 6.07) is 6.48. The Balaban J connectivity index is 1.56. The lowest BCUT2D eigenvalue weighted by atomic mass is 9.43. The van der Waals surface area contributed by atoms with Gasteiger partial charge in [-0.05, 0) is 96.1 Å². The van der Waals surface area contributed by atoms with Crippen LogP contribution in [0.5, 0.6) is 5.75 Å². The average molecular weight is 425 g/mol. The molecule has 0 saturated heterocycles. The quantitative estimate of drug-likeness (QED) is 0.675. The van der Waals surface area contributed by atoms with Gasteiger partial charge in [0, 0.05) is 21.2 Å². The van der Waals surface area contributed by atoms with E-state index in [1.54, 1.807) is 7.11 Å². The van der Waals surface area contributed by atoms with Gasteiger partial charge in [0.05, 0.1) is 7.11 Å². The van der Waals surface area contributed by atoms with Crippen molar-refractivity contribution in [2.24, 2.45) is 16.7 Å². The lowest BCUT2D eigenvalue weighted by molar-refractivity contribution is -0.118. The Morgan fingerprint density at radius 3 is 2.43 bits per heavy atom. The largest absolute Gasteiger partial charge is 0.496 e. The Morgan fingerprint density at radius 2 is 1.83 bits per heavy atom. The van der Waals surface area contributed by atoms with E-state index >= 15 is 0 Å². The summed E-state index contributed by atoms with van der Waals surface area (Å²) in [5, 5.41) is 4.01. The van der Waals surface area contributed by atoms with Gasteiger partial charge in [0.1, 0.15) is 5.75 Å². The fourth-order valence-corrected chi connectivity index (χ4v) is 7.37. The monoisotopic (exact) mass is 425 g/mol. The van der Waals surface area contributed by atoms with E-state index in [4.69, 9.17) is 4.74 Å². The van der Waals surface area contributed by atoms with Gasteiger partial charge in [0.15, 0.2) is 0 Å². The molecule has 4 bridgehead atoms. The Labute approximate surface area is 153 Å². The first-order chi connectivity index (χ1) is 10.8. The van der Waals surface area contributed by atoms with Crippen molar-refractivity contribution < 1.29 is 4.74 Å². The van der Waals surface area contributed by atoms with Gasteiger partial charge in [0.25, 0.3) is 0 Å². The van der Waals surface area contributed by atoms with E-state index in [1.165, 1.54) is 47.7 Å². The first kappa shape index (κ1) is 16.2. The highest BCUT2D eigenvalue weighted by molar-refractivity contribution is 14.1. The number of hydrogen-bond donors (Lipinski definition) is 1. The molecule has 4 saturated carbocycles. The van der Waals surface area contributed by atoms with Crippen LogP contribution in [0.3, 0.4) is 0 Å². The van der Waals surface area contributed by atoms with E-state index < -0.39 is 0 Å². The number of benzene rings is 1. The number of hydrogen-bond acceptors (Lipinski definition) is 2. The van der Waals surface area contributed by atoms with Crippen LogP contribution in [0.2, 0.25) is 0 Å². The second kappa shape index (κ2) is 5.35. The molecule has 2 nitrogen and oxygen atoms in total. The molecule has 5 rings (SSSR count). The zero-order valence-corrected chi connectivity index (χ0v) is 16.7. The molecule has 3 heteroatoms. The summed E-state index contributed by atoms with van der Waals surface area (Å²) < 4.78 is 6.85. The molecular formula is C20H28INO. The Morgan fingerprint density at radius 1 is 1.13 bits per heavy atom. The van der Waals surface area contributed by atoms with Crippen LogP contribution in [0.4, 0.5) is 0 Å². The van der Waals surface area contributed by atoms with Gasteiger partial charge in [-0.3, -0.25) is 0 Å². The Kier molecular flexibility index (Phi) is 3.77. The minimum absolute atomic E-state index is 0.356. The Bertz CT molecular complexity index is 610. The molecule has 0 heterocycles. The summed E-state index contributed by atoms with van der Waals surface area (Å²) in [5.41, 5.74) is 2.78. The van der Waals surface area contributed by atoms with E-state index in [0.29, 0.717) is 16.4 Å². The minimum atomic E-state index is 0.356. The van der Waals surface area contributed by atoms with E-state index in [-0.39, 0.29) is 0 Å². The molecule has 0 spiro atoms. The van der Waals surface area contributed by atoms with Crippen molar-refractivity contribution in [2.75, 3.05) is 7.11 Å². The smallest absolute Gasteiger partial charge is 0.123 e. The van der Waals surface area contributed by atoms with Crippen LogP contribution in [0.15, 0.2) is 18.2 Å². The number of nitrogens with one attached hydrogen (secondary N) is 1. The third-order valence-electron chi connectivity index (χ3n) is 6.52. The molecule has 4 aliphatic rings. The van der Waals surface area contributed by atoms with Gasteiger partial charge in [-0.1, -0.05) is 13.8 Å². The average Bonchev–Trinajstić information content (AvgIpc) is 2.41. The van der Waals surface area contributed by atoms with Crippen LogP contribution < -0.4 is 10.1 Å². The maximum absolute atomic E-state index is 5.57. The number of halogens is 1. The maximum atomic E-state index is 5.57. The van der Waals surface area contributed by atoms with Crippen molar-refractivity contribution in [1.82, 2.24) is 5.32 Å². The lowest BCUT2D eigenvalue weighted by Crippen LogP contribution is -2.63. The van der Waals surface area contributed by atoms with Crippen LogP contribution in [0.1, 0.15) is 57.9 Å². The molecule has 2 atom stereocenters. The molecule has 4 aliphatic carbocycles. The van der Waals surface area contributed by atoms with E-state index in [9.17, 15) is 0 Å². The molecular weight excluding hydrogens is 397 g/mol. The van der Waals surface area contributed by atoms with Gasteiger partial charge in [-0.2, -0.15) is 0 Å². The van der Waals surface area contributed by atoms with Gasteiger partial charge < -0.3 is 10.1 Å². The van der Waals surface area contributed by atoms with Gasteiger partial charge in [-0.15, -0.1) is 0 Å².